The van der Waals surface area contributed by atoms with Gasteiger partial charge in [-0.3, -0.25) is 4.79 Å². The molecule has 0 amide bonds. The Kier molecular flexibility index (Phi) is 5.19. The van der Waals surface area contributed by atoms with Crippen molar-refractivity contribution in [2.45, 2.75) is 77.7 Å². The van der Waals surface area contributed by atoms with E-state index >= 15 is 0 Å². The summed E-state index contributed by atoms with van der Waals surface area (Å²) in [6, 6.07) is 0. The van der Waals surface area contributed by atoms with E-state index in [1.54, 1.807) is 7.11 Å². The highest BCUT2D eigenvalue weighted by atomic mass is 16.6. The highest BCUT2D eigenvalue weighted by Crippen LogP contribution is 2.64. The van der Waals surface area contributed by atoms with Crippen LogP contribution >= 0.6 is 0 Å². The molecule has 1 N–H and O–H groups in total. The van der Waals surface area contributed by atoms with Crippen LogP contribution in [-0.4, -0.2) is 43.5 Å². The molecule has 0 bridgehead atoms. The van der Waals surface area contributed by atoms with Crippen LogP contribution in [0.3, 0.4) is 0 Å². The summed E-state index contributed by atoms with van der Waals surface area (Å²) in [4.78, 5) is 23.9. The Morgan fingerprint density at radius 3 is 2.67 bits per heavy atom. The van der Waals surface area contributed by atoms with Crippen molar-refractivity contribution in [2.24, 2.45) is 44.8 Å². The summed E-state index contributed by atoms with van der Waals surface area (Å²) in [6.45, 7) is 6.65. The van der Waals surface area contributed by atoms with Gasteiger partial charge in [-0.2, -0.15) is 0 Å². The molecular formula is C24H37N3O3. The Bertz CT molecular complexity index is 759. The predicted molar refractivity (Wildman–Crippen MR) is 116 cm³/mol. The number of fused-ring (bicyclic) bond motifs is 5. The standard InChI is InChI=1S/C24H37N3O3/c1-23-9-6-15(26-30-16-8-11-25-14-16)12-20(23)21(27-29-3)13-17-18-4-5-22(28)24(18,2)10-7-19(17)23/h16-20,25H,4-14H2,1-3H3/b26-15?,27-21+/t16-,17-,18-,19-,20?,23+,24-/m0/s1. The summed E-state index contributed by atoms with van der Waals surface area (Å²) >= 11 is 0. The van der Waals surface area contributed by atoms with Crippen LogP contribution in [0.15, 0.2) is 10.3 Å². The summed E-state index contributed by atoms with van der Waals surface area (Å²) in [5.74, 6) is 2.61. The molecule has 5 aliphatic rings. The van der Waals surface area contributed by atoms with Gasteiger partial charge in [-0.1, -0.05) is 24.2 Å². The Balaban J connectivity index is 1.40. The number of carbonyl (C=O) groups excluding carboxylic acids is 1. The minimum Gasteiger partial charge on any atom is -0.399 e. The Morgan fingerprint density at radius 1 is 1.03 bits per heavy atom. The highest BCUT2D eigenvalue weighted by Gasteiger charge is 2.61. The van der Waals surface area contributed by atoms with Gasteiger partial charge in [0.15, 0.2) is 0 Å². The molecule has 4 saturated carbocycles. The van der Waals surface area contributed by atoms with Gasteiger partial charge < -0.3 is 15.0 Å². The first kappa shape index (κ1) is 20.5. The third-order valence-electron chi connectivity index (χ3n) is 9.58. The van der Waals surface area contributed by atoms with Gasteiger partial charge in [0.25, 0.3) is 0 Å². The van der Waals surface area contributed by atoms with Crippen LogP contribution in [0.4, 0.5) is 0 Å². The van der Waals surface area contributed by atoms with E-state index in [1.807, 2.05) is 0 Å². The lowest BCUT2D eigenvalue weighted by molar-refractivity contribution is -0.133. The highest BCUT2D eigenvalue weighted by molar-refractivity contribution is 5.96. The molecule has 7 atom stereocenters. The molecule has 1 saturated heterocycles. The largest absolute Gasteiger partial charge is 0.399 e. The Hall–Kier alpha value is -1.43. The number of oxime groups is 2. The van der Waals surface area contributed by atoms with Crippen LogP contribution in [0.1, 0.15) is 71.6 Å². The number of nitrogens with one attached hydrogen (secondary N) is 1. The van der Waals surface area contributed by atoms with Crippen LogP contribution in [-0.2, 0) is 14.5 Å². The fourth-order valence-corrected chi connectivity index (χ4v) is 7.81. The second kappa shape index (κ2) is 7.61. The third kappa shape index (κ3) is 3.12. The summed E-state index contributed by atoms with van der Waals surface area (Å²) in [5, 5.41) is 12.5. The molecule has 0 aromatic rings. The molecule has 30 heavy (non-hydrogen) atoms. The fraction of sp³-hybridized carbons (Fsp3) is 0.875. The summed E-state index contributed by atoms with van der Waals surface area (Å²) in [5.41, 5.74) is 2.48. The second-order valence-corrected chi connectivity index (χ2v) is 10.9. The molecular weight excluding hydrogens is 378 g/mol. The predicted octanol–water partition coefficient (Wildman–Crippen LogP) is 3.95. The average molecular weight is 416 g/mol. The molecule has 1 heterocycles. The van der Waals surface area contributed by atoms with Gasteiger partial charge in [-0.15, -0.1) is 0 Å². The van der Waals surface area contributed by atoms with E-state index in [1.165, 1.54) is 17.8 Å². The van der Waals surface area contributed by atoms with Crippen molar-refractivity contribution in [1.29, 1.82) is 0 Å². The van der Waals surface area contributed by atoms with Crippen molar-refractivity contribution in [3.63, 3.8) is 0 Å². The fourth-order valence-electron chi connectivity index (χ4n) is 7.81. The van der Waals surface area contributed by atoms with Crippen LogP contribution in [0.5, 0.6) is 0 Å². The smallest absolute Gasteiger partial charge is 0.141 e. The second-order valence-electron chi connectivity index (χ2n) is 10.9. The van der Waals surface area contributed by atoms with Gasteiger partial charge in [0.1, 0.15) is 19.0 Å². The minimum absolute atomic E-state index is 0.104. The van der Waals surface area contributed by atoms with Crippen molar-refractivity contribution in [3.05, 3.63) is 0 Å². The normalized spacial score (nSPS) is 48.4. The lowest BCUT2D eigenvalue weighted by Gasteiger charge is -2.59. The van der Waals surface area contributed by atoms with Gasteiger partial charge >= 0.3 is 0 Å². The molecule has 4 aliphatic carbocycles. The lowest BCUT2D eigenvalue weighted by atomic mass is 9.45. The molecule has 6 heteroatoms. The van der Waals surface area contributed by atoms with E-state index in [0.29, 0.717) is 29.5 Å². The molecule has 6 nitrogen and oxygen atoms in total. The van der Waals surface area contributed by atoms with Crippen LogP contribution < -0.4 is 5.32 Å². The zero-order chi connectivity index (χ0) is 20.9. The molecule has 166 valence electrons. The van der Waals surface area contributed by atoms with E-state index in [4.69, 9.17) is 9.68 Å². The zero-order valence-electron chi connectivity index (χ0n) is 18.8. The quantitative estimate of drug-likeness (QED) is 0.709. The molecule has 0 aromatic heterocycles. The zero-order valence-corrected chi connectivity index (χ0v) is 18.8. The van der Waals surface area contributed by atoms with Crippen molar-refractivity contribution in [1.82, 2.24) is 5.32 Å². The average Bonchev–Trinajstić information content (AvgIpc) is 3.35. The first-order valence-corrected chi connectivity index (χ1v) is 12.0. The molecule has 0 radical (unpaired) electrons. The van der Waals surface area contributed by atoms with Gasteiger partial charge in [0.05, 0.1) is 11.4 Å². The van der Waals surface area contributed by atoms with E-state index in [2.05, 4.69) is 29.5 Å². The maximum Gasteiger partial charge on any atom is 0.141 e. The van der Waals surface area contributed by atoms with E-state index < -0.39 is 0 Å². The number of hydrogen-bond acceptors (Lipinski definition) is 6. The Labute approximate surface area is 180 Å². The van der Waals surface area contributed by atoms with Crippen molar-refractivity contribution >= 4 is 17.2 Å². The monoisotopic (exact) mass is 415 g/mol. The van der Waals surface area contributed by atoms with Crippen LogP contribution in [0.25, 0.3) is 0 Å². The first-order valence-electron chi connectivity index (χ1n) is 12.0. The van der Waals surface area contributed by atoms with Crippen LogP contribution in [0, 0.1) is 34.5 Å². The molecule has 5 rings (SSSR count). The van der Waals surface area contributed by atoms with E-state index in [-0.39, 0.29) is 16.9 Å². The molecule has 1 aliphatic heterocycles. The topological polar surface area (TPSA) is 72.3 Å². The van der Waals surface area contributed by atoms with Gasteiger partial charge in [-0.05, 0) is 74.7 Å². The number of rotatable bonds is 3. The lowest BCUT2D eigenvalue weighted by Crippen LogP contribution is -2.56. The number of carbonyl (C=O) groups is 1. The SMILES string of the molecule is CO/N=C1\C[C@@H]2[C@H](CC[C@]3(C)C(=O)CC[C@@H]23)[C@@]2(C)CCC(=NO[C@H]3CCNC3)CC12. The Morgan fingerprint density at radius 2 is 1.90 bits per heavy atom. The summed E-state index contributed by atoms with van der Waals surface area (Å²) in [7, 11) is 1.66. The maximum atomic E-state index is 12.7. The third-order valence-corrected chi connectivity index (χ3v) is 9.58. The van der Waals surface area contributed by atoms with E-state index in [0.717, 1.165) is 64.5 Å². The van der Waals surface area contributed by atoms with Gasteiger partial charge in [-0.25, -0.2) is 0 Å². The number of ketones is 1. The van der Waals surface area contributed by atoms with Crippen molar-refractivity contribution < 1.29 is 14.5 Å². The number of nitrogens with zero attached hydrogens (tertiary/aromatic N) is 2. The molecule has 1 unspecified atom stereocenters. The molecule has 0 aromatic carbocycles. The van der Waals surface area contributed by atoms with Gasteiger partial charge in [0, 0.05) is 30.7 Å². The maximum absolute atomic E-state index is 12.7. The first-order chi connectivity index (χ1) is 14.5. The van der Waals surface area contributed by atoms with Crippen molar-refractivity contribution in [2.75, 3.05) is 20.2 Å². The molecule has 0 spiro atoms. The summed E-state index contributed by atoms with van der Waals surface area (Å²) < 4.78 is 0. The van der Waals surface area contributed by atoms with Gasteiger partial charge in [0.2, 0.25) is 0 Å². The minimum atomic E-state index is -0.104. The van der Waals surface area contributed by atoms with Crippen LogP contribution in [0.2, 0.25) is 0 Å². The number of Topliss-reactive ketones (excluding diaryl/α,β-unsaturated/α-hetero) is 1. The van der Waals surface area contributed by atoms with Crippen molar-refractivity contribution in [3.8, 4) is 0 Å². The summed E-state index contributed by atoms with van der Waals surface area (Å²) in [6.07, 6.45) is 9.38. The van der Waals surface area contributed by atoms with E-state index in [9.17, 15) is 4.79 Å². The molecule has 5 fully saturated rings. The number of hydrogen-bond donors (Lipinski definition) is 1.